The number of amides is 1. The second kappa shape index (κ2) is 11.8. The van der Waals surface area contributed by atoms with Gasteiger partial charge in [0.25, 0.3) is 0 Å². The molecule has 2 heterocycles. The van der Waals surface area contributed by atoms with E-state index in [1.54, 1.807) is 0 Å². The van der Waals surface area contributed by atoms with Crippen molar-refractivity contribution in [1.82, 2.24) is 19.7 Å². The Morgan fingerprint density at radius 2 is 1.76 bits per heavy atom. The molecule has 0 saturated carbocycles. The number of likely N-dealkylation sites (tertiary alicyclic amines) is 1. The number of hydrogen-bond acceptors (Lipinski definition) is 6. The molecule has 34 heavy (non-hydrogen) atoms. The zero-order valence-electron chi connectivity index (χ0n) is 19.4. The molecule has 0 N–H and O–H groups in total. The highest BCUT2D eigenvalue weighted by Gasteiger charge is 2.24. The fourth-order valence-electron chi connectivity index (χ4n) is 3.96. The molecule has 0 unspecified atom stereocenters. The molecule has 0 aliphatic carbocycles. The van der Waals surface area contributed by atoms with Crippen LogP contribution in [0.5, 0.6) is 11.5 Å². The molecular formula is C25H29BrN4O3S. The van der Waals surface area contributed by atoms with E-state index in [0.717, 1.165) is 41.0 Å². The lowest BCUT2D eigenvalue weighted by molar-refractivity contribution is -0.131. The lowest BCUT2D eigenvalue weighted by Crippen LogP contribution is -2.42. The molecule has 0 bridgehead atoms. The zero-order valence-corrected chi connectivity index (χ0v) is 21.8. The molecule has 1 aromatic heterocycles. The van der Waals surface area contributed by atoms with Crippen LogP contribution in [0.15, 0.2) is 58.2 Å². The lowest BCUT2D eigenvalue weighted by atomic mass is 10.0. The van der Waals surface area contributed by atoms with Crippen molar-refractivity contribution in [3.8, 4) is 17.2 Å². The van der Waals surface area contributed by atoms with Crippen molar-refractivity contribution in [1.29, 1.82) is 0 Å². The minimum atomic E-state index is 0.145. The van der Waals surface area contributed by atoms with Gasteiger partial charge in [-0.05, 0) is 81.6 Å². The molecular weight excluding hydrogens is 516 g/mol. The smallest absolute Gasteiger partial charge is 0.233 e. The van der Waals surface area contributed by atoms with Gasteiger partial charge in [-0.15, -0.1) is 10.2 Å². The molecule has 1 saturated heterocycles. The summed E-state index contributed by atoms with van der Waals surface area (Å²) in [4.78, 5) is 14.9. The van der Waals surface area contributed by atoms with Gasteiger partial charge in [0, 0.05) is 22.7 Å². The van der Waals surface area contributed by atoms with E-state index in [-0.39, 0.29) is 12.5 Å². The third-order valence-corrected chi connectivity index (χ3v) is 7.18. The van der Waals surface area contributed by atoms with E-state index in [2.05, 4.69) is 33.1 Å². The van der Waals surface area contributed by atoms with E-state index < -0.39 is 0 Å². The van der Waals surface area contributed by atoms with Gasteiger partial charge in [-0.2, -0.15) is 0 Å². The number of piperidine rings is 1. The fourth-order valence-corrected chi connectivity index (χ4v) is 5.08. The predicted molar refractivity (Wildman–Crippen MR) is 137 cm³/mol. The highest BCUT2D eigenvalue weighted by molar-refractivity contribution is 9.10. The molecule has 1 amide bonds. The van der Waals surface area contributed by atoms with Crippen molar-refractivity contribution >= 4 is 33.6 Å². The second-order valence-electron chi connectivity index (χ2n) is 8.12. The molecule has 1 fully saturated rings. The maximum Gasteiger partial charge on any atom is 0.233 e. The van der Waals surface area contributed by atoms with E-state index in [9.17, 15) is 4.79 Å². The minimum Gasteiger partial charge on any atom is -0.494 e. The van der Waals surface area contributed by atoms with Crippen LogP contribution >= 0.6 is 27.7 Å². The highest BCUT2D eigenvalue weighted by Crippen LogP contribution is 2.26. The monoisotopic (exact) mass is 544 g/mol. The van der Waals surface area contributed by atoms with Crippen molar-refractivity contribution in [2.75, 3.05) is 18.9 Å². The van der Waals surface area contributed by atoms with E-state index in [0.29, 0.717) is 29.4 Å². The number of nitrogens with zero attached hydrogens (tertiary/aromatic N) is 4. The Balaban J connectivity index is 1.53. The molecule has 1 atom stereocenters. The summed E-state index contributed by atoms with van der Waals surface area (Å²) in [5.74, 6) is 2.68. The Morgan fingerprint density at radius 3 is 2.47 bits per heavy atom. The van der Waals surface area contributed by atoms with Gasteiger partial charge < -0.3 is 14.4 Å². The molecule has 2 aromatic carbocycles. The Kier molecular flexibility index (Phi) is 8.50. The maximum absolute atomic E-state index is 12.9. The van der Waals surface area contributed by atoms with Crippen LogP contribution in [0, 0.1) is 0 Å². The van der Waals surface area contributed by atoms with Gasteiger partial charge in [0.05, 0.1) is 12.4 Å². The first-order valence-corrected chi connectivity index (χ1v) is 13.3. The largest absolute Gasteiger partial charge is 0.494 e. The van der Waals surface area contributed by atoms with Crippen LogP contribution in [0.25, 0.3) is 5.69 Å². The normalized spacial score (nSPS) is 15.9. The summed E-state index contributed by atoms with van der Waals surface area (Å²) < 4.78 is 14.5. The number of rotatable bonds is 9. The molecule has 3 aromatic rings. The summed E-state index contributed by atoms with van der Waals surface area (Å²) in [5.41, 5.74) is 0.893. The number of ether oxygens (including phenoxy) is 2. The molecule has 9 heteroatoms. The van der Waals surface area contributed by atoms with E-state index >= 15 is 0 Å². The van der Waals surface area contributed by atoms with Gasteiger partial charge in [0.1, 0.15) is 18.1 Å². The molecule has 1 aliphatic heterocycles. The number of hydrogen-bond donors (Lipinski definition) is 0. The third kappa shape index (κ3) is 6.13. The molecule has 1 aliphatic rings. The first kappa shape index (κ1) is 24.6. The van der Waals surface area contributed by atoms with Crippen molar-refractivity contribution in [3.05, 3.63) is 58.8 Å². The molecule has 180 valence electrons. The van der Waals surface area contributed by atoms with Crippen molar-refractivity contribution in [2.24, 2.45) is 0 Å². The van der Waals surface area contributed by atoms with Crippen LogP contribution in [0.3, 0.4) is 0 Å². The second-order valence-corrected chi connectivity index (χ2v) is 9.98. The van der Waals surface area contributed by atoms with Gasteiger partial charge in [-0.25, -0.2) is 0 Å². The molecule has 0 spiro atoms. The van der Waals surface area contributed by atoms with Gasteiger partial charge in [0.15, 0.2) is 11.0 Å². The number of halogens is 1. The summed E-state index contributed by atoms with van der Waals surface area (Å²) in [5, 5.41) is 9.45. The molecule has 7 nitrogen and oxygen atoms in total. The van der Waals surface area contributed by atoms with Crippen LogP contribution in [0.1, 0.15) is 38.9 Å². The zero-order chi connectivity index (χ0) is 23.9. The van der Waals surface area contributed by atoms with Crippen LogP contribution in [0.4, 0.5) is 0 Å². The average Bonchev–Trinajstić information content (AvgIpc) is 3.26. The summed E-state index contributed by atoms with van der Waals surface area (Å²) in [6.07, 6.45) is 3.32. The first-order chi connectivity index (χ1) is 16.5. The van der Waals surface area contributed by atoms with Crippen molar-refractivity contribution in [2.45, 2.75) is 50.9 Å². The number of benzene rings is 2. The van der Waals surface area contributed by atoms with Crippen LogP contribution in [-0.4, -0.2) is 50.5 Å². The Morgan fingerprint density at radius 1 is 1.06 bits per heavy atom. The lowest BCUT2D eigenvalue weighted by Gasteiger charge is -2.33. The maximum atomic E-state index is 12.9. The van der Waals surface area contributed by atoms with E-state index in [4.69, 9.17) is 9.47 Å². The summed E-state index contributed by atoms with van der Waals surface area (Å²) >= 11 is 4.85. The van der Waals surface area contributed by atoms with Gasteiger partial charge in [-0.1, -0.05) is 27.7 Å². The number of carbonyl (C=O) groups is 1. The SMILES string of the molecule is CCOc1ccc(-n2c(COc3ccc(Br)cc3)nnc2SCC(=O)N2CCCC[C@@H]2C)cc1. The Bertz CT molecular complexity index is 1090. The van der Waals surface area contributed by atoms with Crippen LogP contribution in [0.2, 0.25) is 0 Å². The Hall–Kier alpha value is -2.52. The Labute approximate surface area is 213 Å². The molecule has 0 radical (unpaired) electrons. The van der Waals surface area contributed by atoms with Crippen LogP contribution < -0.4 is 9.47 Å². The third-order valence-electron chi connectivity index (χ3n) is 5.74. The van der Waals surface area contributed by atoms with Gasteiger partial charge >= 0.3 is 0 Å². The summed E-state index contributed by atoms with van der Waals surface area (Å²) in [6, 6.07) is 15.7. The van der Waals surface area contributed by atoms with Crippen molar-refractivity contribution < 1.29 is 14.3 Å². The average molecular weight is 546 g/mol. The van der Waals surface area contributed by atoms with E-state index in [1.807, 2.05) is 64.9 Å². The number of thioether (sulfide) groups is 1. The van der Waals surface area contributed by atoms with Gasteiger partial charge in [0.2, 0.25) is 5.91 Å². The first-order valence-electron chi connectivity index (χ1n) is 11.5. The minimum absolute atomic E-state index is 0.145. The van der Waals surface area contributed by atoms with Crippen molar-refractivity contribution in [3.63, 3.8) is 0 Å². The summed E-state index contributed by atoms with van der Waals surface area (Å²) in [7, 11) is 0. The fraction of sp³-hybridized carbons (Fsp3) is 0.400. The van der Waals surface area contributed by atoms with Crippen LogP contribution in [-0.2, 0) is 11.4 Å². The van der Waals surface area contributed by atoms with E-state index in [1.165, 1.54) is 18.2 Å². The topological polar surface area (TPSA) is 69.5 Å². The highest BCUT2D eigenvalue weighted by atomic mass is 79.9. The number of carbonyl (C=O) groups excluding carboxylic acids is 1. The number of aromatic nitrogens is 3. The van der Waals surface area contributed by atoms with Gasteiger partial charge in [-0.3, -0.25) is 9.36 Å². The molecule has 4 rings (SSSR count). The standard InChI is InChI=1S/C25H29BrN4O3S/c1-3-32-21-13-9-20(10-14-21)30-23(16-33-22-11-7-19(26)8-12-22)27-28-25(30)34-17-24(31)29-15-5-4-6-18(29)2/h7-14,18H,3-6,15-17H2,1-2H3/t18-/m0/s1. The summed E-state index contributed by atoms with van der Waals surface area (Å²) in [6.45, 7) is 5.77. The quantitative estimate of drug-likeness (QED) is 0.331. The predicted octanol–water partition coefficient (Wildman–Crippen LogP) is 5.50.